The highest BCUT2D eigenvalue weighted by atomic mass is 19.1. The monoisotopic (exact) mass is 277 g/mol. The molecule has 20 heavy (non-hydrogen) atoms. The molecule has 1 aliphatic heterocycles. The number of rotatable bonds is 2. The van der Waals surface area contributed by atoms with E-state index in [9.17, 15) is 9.18 Å². The summed E-state index contributed by atoms with van der Waals surface area (Å²) in [5, 5.41) is 3.18. The average Bonchev–Trinajstić information content (AvgIpc) is 2.39. The van der Waals surface area contributed by atoms with Gasteiger partial charge in [0.2, 0.25) is 0 Å². The van der Waals surface area contributed by atoms with E-state index in [0.717, 1.165) is 17.7 Å². The summed E-state index contributed by atoms with van der Waals surface area (Å²) in [7, 11) is 0. The molecule has 0 aliphatic carbocycles. The van der Waals surface area contributed by atoms with Gasteiger partial charge in [0.1, 0.15) is 11.9 Å². The first-order valence-corrected chi connectivity index (χ1v) is 6.76. The Kier molecular flexibility index (Phi) is 4.23. The maximum atomic E-state index is 13.0. The summed E-state index contributed by atoms with van der Waals surface area (Å²) in [5.74, 6) is -0.509. The van der Waals surface area contributed by atoms with Gasteiger partial charge in [-0.25, -0.2) is 4.39 Å². The number of ether oxygens (including phenoxy) is 1. The van der Waals surface area contributed by atoms with Crippen LogP contribution in [0.4, 0.5) is 4.39 Å². The van der Waals surface area contributed by atoms with Gasteiger partial charge in [0.05, 0.1) is 5.41 Å². The number of esters is 1. The van der Waals surface area contributed by atoms with Gasteiger partial charge in [0.15, 0.2) is 0 Å². The molecule has 1 aliphatic rings. The predicted octanol–water partition coefficient (Wildman–Crippen LogP) is 2.77. The molecule has 1 aromatic carbocycles. The van der Waals surface area contributed by atoms with E-state index in [1.54, 1.807) is 12.1 Å². The molecule has 0 amide bonds. The zero-order valence-corrected chi connectivity index (χ0v) is 12.1. The topological polar surface area (TPSA) is 38.3 Å². The number of benzene rings is 1. The van der Waals surface area contributed by atoms with Gasteiger partial charge in [-0.1, -0.05) is 18.2 Å². The van der Waals surface area contributed by atoms with Crippen LogP contribution in [0.2, 0.25) is 0 Å². The SMILES string of the molecule is CC(C)(C)C(=O)OC1CNCC=C1c1ccc(F)cc1. The minimum Gasteiger partial charge on any atom is -0.456 e. The van der Waals surface area contributed by atoms with Gasteiger partial charge in [0, 0.05) is 13.1 Å². The van der Waals surface area contributed by atoms with Crippen LogP contribution < -0.4 is 5.32 Å². The third-order valence-electron chi connectivity index (χ3n) is 3.18. The molecule has 0 saturated carbocycles. The second-order valence-electron chi connectivity index (χ2n) is 5.97. The van der Waals surface area contributed by atoms with Crippen molar-refractivity contribution in [3.63, 3.8) is 0 Å². The Morgan fingerprint density at radius 2 is 1.95 bits per heavy atom. The first kappa shape index (κ1) is 14.7. The van der Waals surface area contributed by atoms with Crippen LogP contribution in [0, 0.1) is 11.2 Å². The van der Waals surface area contributed by atoms with Gasteiger partial charge >= 0.3 is 5.97 Å². The maximum Gasteiger partial charge on any atom is 0.311 e. The third kappa shape index (κ3) is 3.45. The molecule has 3 nitrogen and oxygen atoms in total. The van der Waals surface area contributed by atoms with Crippen molar-refractivity contribution in [2.45, 2.75) is 26.9 Å². The lowest BCUT2D eigenvalue weighted by atomic mass is 9.95. The molecule has 0 saturated heterocycles. The Bertz CT molecular complexity index is 514. The predicted molar refractivity (Wildman–Crippen MR) is 76.6 cm³/mol. The van der Waals surface area contributed by atoms with Crippen LogP contribution in [0.5, 0.6) is 0 Å². The second kappa shape index (κ2) is 5.75. The molecule has 0 spiro atoms. The smallest absolute Gasteiger partial charge is 0.311 e. The molecule has 2 rings (SSSR count). The van der Waals surface area contributed by atoms with Gasteiger partial charge in [-0.3, -0.25) is 4.79 Å². The Hall–Kier alpha value is -1.68. The fourth-order valence-electron chi connectivity index (χ4n) is 2.00. The van der Waals surface area contributed by atoms with Crippen molar-refractivity contribution in [2.75, 3.05) is 13.1 Å². The minimum atomic E-state index is -0.536. The number of hydrogen-bond donors (Lipinski definition) is 1. The van der Waals surface area contributed by atoms with E-state index in [1.165, 1.54) is 12.1 Å². The van der Waals surface area contributed by atoms with Gasteiger partial charge in [0.25, 0.3) is 0 Å². The molecular formula is C16H20FNO2. The first-order chi connectivity index (χ1) is 9.38. The molecule has 0 fully saturated rings. The summed E-state index contributed by atoms with van der Waals surface area (Å²) in [6, 6.07) is 6.26. The minimum absolute atomic E-state index is 0.237. The van der Waals surface area contributed by atoms with E-state index in [2.05, 4.69) is 5.32 Å². The van der Waals surface area contributed by atoms with Crippen molar-refractivity contribution >= 4 is 11.5 Å². The van der Waals surface area contributed by atoms with Gasteiger partial charge < -0.3 is 10.1 Å². The highest BCUT2D eigenvalue weighted by molar-refractivity contribution is 5.79. The van der Waals surface area contributed by atoms with Gasteiger partial charge in [-0.2, -0.15) is 0 Å². The Balaban J connectivity index is 2.19. The molecule has 1 aromatic rings. The van der Waals surface area contributed by atoms with Crippen LogP contribution in [0.15, 0.2) is 30.3 Å². The van der Waals surface area contributed by atoms with E-state index in [4.69, 9.17) is 4.74 Å². The van der Waals surface area contributed by atoms with Crippen molar-refractivity contribution < 1.29 is 13.9 Å². The van der Waals surface area contributed by atoms with Crippen LogP contribution >= 0.6 is 0 Å². The third-order valence-corrected chi connectivity index (χ3v) is 3.18. The van der Waals surface area contributed by atoms with Crippen LogP contribution in [-0.4, -0.2) is 25.2 Å². The van der Waals surface area contributed by atoms with E-state index in [1.807, 2.05) is 26.8 Å². The zero-order valence-electron chi connectivity index (χ0n) is 12.1. The van der Waals surface area contributed by atoms with Crippen molar-refractivity contribution in [1.82, 2.24) is 5.32 Å². The van der Waals surface area contributed by atoms with Crippen molar-refractivity contribution in [3.8, 4) is 0 Å². The summed E-state index contributed by atoms with van der Waals surface area (Å²) in [4.78, 5) is 12.0. The lowest BCUT2D eigenvalue weighted by molar-refractivity contribution is -0.155. The molecule has 0 bridgehead atoms. The molecule has 1 unspecified atom stereocenters. The summed E-state index contributed by atoms with van der Waals surface area (Å²) in [5.41, 5.74) is 1.28. The fourth-order valence-corrected chi connectivity index (χ4v) is 2.00. The standard InChI is InChI=1S/C16H20FNO2/c1-16(2,3)15(19)20-14-10-18-9-8-13(14)11-4-6-12(17)7-5-11/h4-8,14,18H,9-10H2,1-3H3. The van der Waals surface area contributed by atoms with E-state index >= 15 is 0 Å². The normalized spacial score (nSPS) is 19.4. The Morgan fingerprint density at radius 3 is 2.55 bits per heavy atom. The maximum absolute atomic E-state index is 13.0. The van der Waals surface area contributed by atoms with E-state index in [0.29, 0.717) is 6.54 Å². The molecule has 4 heteroatoms. The molecule has 1 N–H and O–H groups in total. The second-order valence-corrected chi connectivity index (χ2v) is 5.97. The molecule has 1 atom stereocenters. The molecule has 108 valence electrons. The summed E-state index contributed by atoms with van der Waals surface area (Å²) in [6.07, 6.45) is 1.65. The lowest BCUT2D eigenvalue weighted by Gasteiger charge is -2.28. The van der Waals surface area contributed by atoms with Crippen LogP contribution in [0.3, 0.4) is 0 Å². The molecular weight excluding hydrogens is 257 g/mol. The zero-order chi connectivity index (χ0) is 14.8. The van der Waals surface area contributed by atoms with Gasteiger partial charge in [-0.05, 0) is 44.0 Å². The van der Waals surface area contributed by atoms with Crippen molar-refractivity contribution in [3.05, 3.63) is 41.7 Å². The number of halogens is 1. The summed E-state index contributed by atoms with van der Waals surface area (Å²) >= 11 is 0. The fraction of sp³-hybridized carbons (Fsp3) is 0.438. The van der Waals surface area contributed by atoms with Crippen LogP contribution in [0.1, 0.15) is 26.3 Å². The summed E-state index contributed by atoms with van der Waals surface area (Å²) < 4.78 is 18.6. The lowest BCUT2D eigenvalue weighted by Crippen LogP contribution is -2.38. The number of carbonyl (C=O) groups is 1. The van der Waals surface area contributed by atoms with Crippen molar-refractivity contribution in [1.29, 1.82) is 0 Å². The number of nitrogens with one attached hydrogen (secondary N) is 1. The van der Waals surface area contributed by atoms with E-state index in [-0.39, 0.29) is 17.9 Å². The van der Waals surface area contributed by atoms with Crippen LogP contribution in [0.25, 0.3) is 5.57 Å². The van der Waals surface area contributed by atoms with Crippen LogP contribution in [-0.2, 0) is 9.53 Å². The quantitative estimate of drug-likeness (QED) is 0.845. The molecule has 1 heterocycles. The Morgan fingerprint density at radius 1 is 1.30 bits per heavy atom. The van der Waals surface area contributed by atoms with E-state index < -0.39 is 5.41 Å². The number of carbonyl (C=O) groups excluding carboxylic acids is 1. The average molecular weight is 277 g/mol. The first-order valence-electron chi connectivity index (χ1n) is 6.76. The summed E-state index contributed by atoms with van der Waals surface area (Å²) in [6.45, 7) is 6.77. The highest BCUT2D eigenvalue weighted by Gasteiger charge is 2.29. The largest absolute Gasteiger partial charge is 0.456 e. The number of hydrogen-bond acceptors (Lipinski definition) is 3. The molecule has 0 aromatic heterocycles. The molecule has 0 radical (unpaired) electrons. The Labute approximate surface area is 118 Å². The van der Waals surface area contributed by atoms with Gasteiger partial charge in [-0.15, -0.1) is 0 Å². The van der Waals surface area contributed by atoms with Crippen molar-refractivity contribution in [2.24, 2.45) is 5.41 Å². The highest BCUT2D eigenvalue weighted by Crippen LogP contribution is 2.25.